The molecule has 1 rings (SSSR count). The van der Waals surface area contributed by atoms with Crippen molar-refractivity contribution in [1.29, 1.82) is 0 Å². The fourth-order valence-corrected chi connectivity index (χ4v) is 1.37. The van der Waals surface area contributed by atoms with Gasteiger partial charge in [-0.05, 0) is 12.5 Å². The molecule has 0 aliphatic carbocycles. The summed E-state index contributed by atoms with van der Waals surface area (Å²) in [4.78, 5) is 8.70. The SMILES string of the molecule is C=C/C=C\C(=C)/C(C)=N/C(=N\C)c1ccccc1. The lowest BCUT2D eigenvalue weighted by Gasteiger charge is -2.03. The van der Waals surface area contributed by atoms with Gasteiger partial charge in [0, 0.05) is 18.3 Å². The number of hydrogen-bond donors (Lipinski definition) is 0. The van der Waals surface area contributed by atoms with Crippen molar-refractivity contribution in [3.05, 3.63) is 72.9 Å². The Morgan fingerprint density at radius 1 is 1.22 bits per heavy atom. The Labute approximate surface area is 109 Å². The van der Waals surface area contributed by atoms with Crippen LogP contribution in [0.4, 0.5) is 0 Å². The van der Waals surface area contributed by atoms with Gasteiger partial charge in [0.25, 0.3) is 0 Å². The van der Waals surface area contributed by atoms with Crippen molar-refractivity contribution >= 4 is 11.5 Å². The first-order chi connectivity index (χ1) is 8.69. The summed E-state index contributed by atoms with van der Waals surface area (Å²) in [5.74, 6) is 0.709. The lowest BCUT2D eigenvalue weighted by Crippen LogP contribution is -2.03. The summed E-state index contributed by atoms with van der Waals surface area (Å²) in [6, 6.07) is 9.89. The molecule has 0 amide bonds. The first-order valence-electron chi connectivity index (χ1n) is 5.75. The lowest BCUT2D eigenvalue weighted by atomic mass is 10.1. The standard InChI is InChI=1S/C16H18N2/c1-5-6-10-13(2)14(3)18-16(17-4)15-11-8-7-9-12-15/h5-12H,1-2H2,3-4H3/b10-6-,17-16-,18-14+. The van der Waals surface area contributed by atoms with Crippen molar-refractivity contribution in [3.8, 4) is 0 Å². The van der Waals surface area contributed by atoms with Crippen LogP contribution in [0.1, 0.15) is 12.5 Å². The molecule has 0 aromatic heterocycles. The van der Waals surface area contributed by atoms with Crippen molar-refractivity contribution in [2.75, 3.05) is 7.05 Å². The molecule has 0 unspecified atom stereocenters. The van der Waals surface area contributed by atoms with Crippen LogP contribution in [-0.4, -0.2) is 18.6 Å². The molecule has 18 heavy (non-hydrogen) atoms. The number of aliphatic imine (C=N–C) groups is 2. The zero-order valence-electron chi connectivity index (χ0n) is 10.9. The molecular weight excluding hydrogens is 220 g/mol. The van der Waals surface area contributed by atoms with Crippen LogP contribution >= 0.6 is 0 Å². The molecule has 0 saturated heterocycles. The Morgan fingerprint density at radius 2 is 1.89 bits per heavy atom. The van der Waals surface area contributed by atoms with Gasteiger partial charge < -0.3 is 0 Å². The van der Waals surface area contributed by atoms with E-state index in [0.29, 0.717) is 5.84 Å². The van der Waals surface area contributed by atoms with Crippen molar-refractivity contribution in [1.82, 2.24) is 0 Å². The zero-order valence-corrected chi connectivity index (χ0v) is 10.9. The minimum atomic E-state index is 0.709. The number of rotatable bonds is 4. The van der Waals surface area contributed by atoms with Gasteiger partial charge in [0.1, 0.15) is 0 Å². The zero-order chi connectivity index (χ0) is 13.4. The molecule has 2 heteroatoms. The molecule has 0 bridgehead atoms. The lowest BCUT2D eigenvalue weighted by molar-refractivity contribution is 1.38. The first-order valence-corrected chi connectivity index (χ1v) is 5.75. The minimum Gasteiger partial charge on any atom is -0.270 e. The summed E-state index contributed by atoms with van der Waals surface area (Å²) in [6.45, 7) is 9.50. The number of amidine groups is 1. The van der Waals surface area contributed by atoms with E-state index in [4.69, 9.17) is 0 Å². The summed E-state index contributed by atoms with van der Waals surface area (Å²) >= 11 is 0. The average Bonchev–Trinajstić information content (AvgIpc) is 2.42. The molecule has 0 radical (unpaired) electrons. The number of allylic oxidation sites excluding steroid dienone is 4. The van der Waals surface area contributed by atoms with Crippen LogP contribution in [0.15, 0.2) is 77.3 Å². The second-order valence-corrected chi connectivity index (χ2v) is 3.73. The molecule has 0 saturated carbocycles. The maximum Gasteiger partial charge on any atom is 0.154 e. The largest absolute Gasteiger partial charge is 0.270 e. The first kappa shape index (κ1) is 13.8. The van der Waals surface area contributed by atoms with Gasteiger partial charge in [-0.3, -0.25) is 4.99 Å². The van der Waals surface area contributed by atoms with E-state index in [0.717, 1.165) is 16.8 Å². The number of benzene rings is 1. The predicted octanol–water partition coefficient (Wildman–Crippen LogP) is 3.82. The Hall–Kier alpha value is -2.22. The van der Waals surface area contributed by atoms with Gasteiger partial charge in [0.2, 0.25) is 0 Å². The van der Waals surface area contributed by atoms with E-state index in [2.05, 4.69) is 23.1 Å². The summed E-state index contributed by atoms with van der Waals surface area (Å²) in [6.07, 6.45) is 5.43. The fourth-order valence-electron chi connectivity index (χ4n) is 1.37. The van der Waals surface area contributed by atoms with E-state index in [1.807, 2.05) is 49.4 Å². The Morgan fingerprint density at radius 3 is 2.44 bits per heavy atom. The minimum absolute atomic E-state index is 0.709. The molecule has 0 N–H and O–H groups in total. The van der Waals surface area contributed by atoms with Gasteiger partial charge in [0.15, 0.2) is 5.84 Å². The highest BCUT2D eigenvalue weighted by atomic mass is 14.9. The van der Waals surface area contributed by atoms with Crippen molar-refractivity contribution in [2.45, 2.75) is 6.92 Å². The van der Waals surface area contributed by atoms with E-state index in [-0.39, 0.29) is 0 Å². The molecule has 1 aromatic rings. The quantitative estimate of drug-likeness (QED) is 0.433. The summed E-state index contributed by atoms with van der Waals surface area (Å²) in [5, 5.41) is 0. The van der Waals surface area contributed by atoms with E-state index in [1.54, 1.807) is 13.1 Å². The topological polar surface area (TPSA) is 24.7 Å². The number of nitrogens with zero attached hydrogens (tertiary/aromatic N) is 2. The van der Waals surface area contributed by atoms with Crippen LogP contribution in [0.25, 0.3) is 0 Å². The highest BCUT2D eigenvalue weighted by molar-refractivity contribution is 6.12. The summed E-state index contributed by atoms with van der Waals surface area (Å²) in [7, 11) is 1.74. The Bertz CT molecular complexity index is 505. The molecule has 0 aliphatic heterocycles. The molecular formula is C16H18N2. The third kappa shape index (κ3) is 3.98. The fraction of sp³-hybridized carbons (Fsp3) is 0.125. The van der Waals surface area contributed by atoms with Gasteiger partial charge >= 0.3 is 0 Å². The molecule has 0 spiro atoms. The highest BCUT2D eigenvalue weighted by Crippen LogP contribution is 2.05. The van der Waals surface area contributed by atoms with Gasteiger partial charge in [-0.2, -0.15) is 0 Å². The van der Waals surface area contributed by atoms with Crippen LogP contribution in [0.2, 0.25) is 0 Å². The molecule has 0 atom stereocenters. The summed E-state index contributed by atoms with van der Waals surface area (Å²) < 4.78 is 0. The Kier molecular flexibility index (Phi) is 5.52. The number of hydrogen-bond acceptors (Lipinski definition) is 1. The summed E-state index contributed by atoms with van der Waals surface area (Å²) in [5.41, 5.74) is 2.70. The van der Waals surface area contributed by atoms with Gasteiger partial charge in [0.05, 0.1) is 0 Å². The van der Waals surface area contributed by atoms with Crippen molar-refractivity contribution < 1.29 is 0 Å². The maximum absolute atomic E-state index is 4.50. The Balaban J connectivity index is 2.96. The highest BCUT2D eigenvalue weighted by Gasteiger charge is 2.01. The second-order valence-electron chi connectivity index (χ2n) is 3.73. The van der Waals surface area contributed by atoms with E-state index >= 15 is 0 Å². The monoisotopic (exact) mass is 238 g/mol. The smallest absolute Gasteiger partial charge is 0.154 e. The molecule has 0 aliphatic rings. The molecule has 0 heterocycles. The predicted molar refractivity (Wildman–Crippen MR) is 80.5 cm³/mol. The average molecular weight is 238 g/mol. The molecule has 0 fully saturated rings. The van der Waals surface area contributed by atoms with Crippen LogP contribution in [0.5, 0.6) is 0 Å². The van der Waals surface area contributed by atoms with Crippen molar-refractivity contribution in [2.24, 2.45) is 9.98 Å². The molecule has 2 nitrogen and oxygen atoms in total. The maximum atomic E-state index is 4.50. The van der Waals surface area contributed by atoms with Gasteiger partial charge in [-0.15, -0.1) is 0 Å². The normalized spacial score (nSPS) is 12.8. The van der Waals surface area contributed by atoms with Crippen LogP contribution in [0, 0.1) is 0 Å². The van der Waals surface area contributed by atoms with Crippen LogP contribution in [-0.2, 0) is 0 Å². The third-order valence-electron chi connectivity index (χ3n) is 2.42. The van der Waals surface area contributed by atoms with E-state index in [1.165, 1.54) is 0 Å². The van der Waals surface area contributed by atoms with Gasteiger partial charge in [-0.25, -0.2) is 4.99 Å². The second kappa shape index (κ2) is 7.17. The van der Waals surface area contributed by atoms with Crippen LogP contribution in [0.3, 0.4) is 0 Å². The third-order valence-corrected chi connectivity index (χ3v) is 2.42. The van der Waals surface area contributed by atoms with Crippen molar-refractivity contribution in [3.63, 3.8) is 0 Å². The van der Waals surface area contributed by atoms with E-state index < -0.39 is 0 Å². The van der Waals surface area contributed by atoms with Crippen LogP contribution < -0.4 is 0 Å². The van der Waals surface area contributed by atoms with Gasteiger partial charge in [-0.1, -0.05) is 61.7 Å². The molecule has 1 aromatic carbocycles. The molecule has 92 valence electrons. The van der Waals surface area contributed by atoms with E-state index in [9.17, 15) is 0 Å².